The summed E-state index contributed by atoms with van der Waals surface area (Å²) >= 11 is 2.96. The second kappa shape index (κ2) is 4.90. The molecule has 6 nitrogen and oxygen atoms in total. The molecule has 0 fully saturated rings. The third kappa shape index (κ3) is 2.28. The van der Waals surface area contributed by atoms with Crippen LogP contribution in [-0.4, -0.2) is 24.8 Å². The maximum Gasteiger partial charge on any atom is 0.234 e. The number of hydrogen-bond acceptors (Lipinski definition) is 7. The van der Waals surface area contributed by atoms with Gasteiger partial charge in [0.05, 0.1) is 5.69 Å². The van der Waals surface area contributed by atoms with Crippen LogP contribution in [-0.2, 0) is 6.42 Å². The molecule has 2 N–H and O–H groups in total. The maximum absolute atomic E-state index is 5.65. The molecule has 0 amide bonds. The summed E-state index contributed by atoms with van der Waals surface area (Å²) in [6.45, 7) is 0. The van der Waals surface area contributed by atoms with Crippen molar-refractivity contribution in [2.24, 2.45) is 0 Å². The molecule has 0 saturated carbocycles. The first-order chi connectivity index (χ1) is 10.3. The molecule has 0 aliphatic carbocycles. The van der Waals surface area contributed by atoms with Crippen molar-refractivity contribution < 1.29 is 0 Å². The van der Waals surface area contributed by atoms with Gasteiger partial charge in [0, 0.05) is 17.4 Å². The predicted octanol–water partition coefficient (Wildman–Crippen LogP) is 2.48. The van der Waals surface area contributed by atoms with Crippen LogP contribution in [0.3, 0.4) is 0 Å². The average molecular weight is 314 g/mol. The first-order valence-electron chi connectivity index (χ1n) is 6.26. The van der Waals surface area contributed by atoms with E-state index in [0.29, 0.717) is 11.6 Å². The Morgan fingerprint density at radius 1 is 1.14 bits per heavy atom. The zero-order chi connectivity index (χ0) is 14.2. The van der Waals surface area contributed by atoms with E-state index in [9.17, 15) is 0 Å². The molecule has 0 atom stereocenters. The lowest BCUT2D eigenvalue weighted by molar-refractivity contribution is 0.911. The molecule has 4 rings (SSSR count). The van der Waals surface area contributed by atoms with Crippen molar-refractivity contribution in [3.05, 3.63) is 46.4 Å². The summed E-state index contributed by atoms with van der Waals surface area (Å²) in [5.74, 6) is 0.755. The second-order valence-corrected chi connectivity index (χ2v) is 6.36. The predicted molar refractivity (Wildman–Crippen MR) is 83.4 cm³/mol. The van der Waals surface area contributed by atoms with E-state index in [-0.39, 0.29) is 0 Å². The molecule has 0 spiro atoms. The Kier molecular flexibility index (Phi) is 2.90. The fourth-order valence-corrected chi connectivity index (χ4v) is 3.47. The van der Waals surface area contributed by atoms with E-state index < -0.39 is 0 Å². The fraction of sp³-hybridized carbons (Fsp3) is 0.0769. The number of benzene rings is 1. The number of nitrogen functional groups attached to an aromatic ring is 1. The van der Waals surface area contributed by atoms with Crippen LogP contribution in [0.1, 0.15) is 10.7 Å². The molecule has 0 radical (unpaired) electrons. The topological polar surface area (TPSA) is 82.0 Å². The molecule has 3 aromatic heterocycles. The van der Waals surface area contributed by atoms with Gasteiger partial charge in [-0.05, 0) is 0 Å². The van der Waals surface area contributed by atoms with Crippen LogP contribution >= 0.6 is 22.7 Å². The van der Waals surface area contributed by atoms with Crippen LogP contribution in [0.25, 0.3) is 16.3 Å². The van der Waals surface area contributed by atoms with Gasteiger partial charge in [-0.3, -0.25) is 0 Å². The zero-order valence-electron chi connectivity index (χ0n) is 10.8. The van der Waals surface area contributed by atoms with Gasteiger partial charge in [0.1, 0.15) is 5.01 Å². The average Bonchev–Trinajstić information content (AvgIpc) is 3.16. The molecular formula is C13H10N6S2. The normalized spacial score (nSPS) is 11.2. The number of hydrogen-bond donors (Lipinski definition) is 1. The van der Waals surface area contributed by atoms with E-state index in [2.05, 4.69) is 20.3 Å². The lowest BCUT2D eigenvalue weighted by Crippen LogP contribution is -1.94. The molecule has 4 aromatic rings. The summed E-state index contributed by atoms with van der Waals surface area (Å²) in [6, 6.07) is 9.91. The first kappa shape index (κ1) is 12.4. The van der Waals surface area contributed by atoms with Crippen molar-refractivity contribution in [1.82, 2.24) is 24.8 Å². The standard InChI is InChI=1S/C13H10N6S2/c14-12-15-9(7-20-12)6-10-18-19-11(16-17-13(19)21-10)8-4-2-1-3-5-8/h1-5,7H,6H2,(H2,14,15). The first-order valence-corrected chi connectivity index (χ1v) is 7.95. The third-order valence-electron chi connectivity index (χ3n) is 2.97. The van der Waals surface area contributed by atoms with Crippen LogP contribution < -0.4 is 5.73 Å². The molecule has 104 valence electrons. The number of nitrogens with two attached hydrogens (primary N) is 1. The van der Waals surface area contributed by atoms with E-state index in [4.69, 9.17) is 5.73 Å². The van der Waals surface area contributed by atoms with Gasteiger partial charge >= 0.3 is 0 Å². The molecule has 3 heterocycles. The van der Waals surface area contributed by atoms with Gasteiger partial charge in [-0.1, -0.05) is 41.7 Å². The van der Waals surface area contributed by atoms with E-state index in [1.807, 2.05) is 35.7 Å². The highest BCUT2D eigenvalue weighted by Crippen LogP contribution is 2.23. The van der Waals surface area contributed by atoms with Crippen molar-refractivity contribution >= 4 is 32.8 Å². The highest BCUT2D eigenvalue weighted by Gasteiger charge is 2.14. The van der Waals surface area contributed by atoms with Crippen LogP contribution in [0.15, 0.2) is 35.7 Å². The Hall–Kier alpha value is -2.32. The number of nitrogens with zero attached hydrogens (tertiary/aromatic N) is 5. The molecule has 0 unspecified atom stereocenters. The van der Waals surface area contributed by atoms with Gasteiger partial charge in [0.15, 0.2) is 11.0 Å². The van der Waals surface area contributed by atoms with Crippen molar-refractivity contribution in [3.8, 4) is 11.4 Å². The number of anilines is 1. The Labute approximate surface area is 127 Å². The Balaban J connectivity index is 1.72. The molecule has 0 aliphatic rings. The molecule has 8 heteroatoms. The van der Waals surface area contributed by atoms with Crippen molar-refractivity contribution in [2.45, 2.75) is 6.42 Å². The number of fused-ring (bicyclic) bond motifs is 1. The van der Waals surface area contributed by atoms with E-state index in [1.165, 1.54) is 22.7 Å². The highest BCUT2D eigenvalue weighted by atomic mass is 32.1. The summed E-state index contributed by atoms with van der Waals surface area (Å²) in [7, 11) is 0. The van der Waals surface area contributed by atoms with Crippen molar-refractivity contribution in [3.63, 3.8) is 0 Å². The SMILES string of the molecule is Nc1nc(Cc2nn3c(-c4ccccc4)nnc3s2)cs1. The van der Waals surface area contributed by atoms with E-state index in [1.54, 1.807) is 4.52 Å². The summed E-state index contributed by atoms with van der Waals surface area (Å²) < 4.78 is 1.78. The minimum Gasteiger partial charge on any atom is -0.375 e. The molecular weight excluding hydrogens is 304 g/mol. The summed E-state index contributed by atoms with van der Waals surface area (Å²) in [5.41, 5.74) is 7.58. The van der Waals surface area contributed by atoms with Crippen LogP contribution in [0.5, 0.6) is 0 Å². The monoisotopic (exact) mass is 314 g/mol. The zero-order valence-corrected chi connectivity index (χ0v) is 12.4. The van der Waals surface area contributed by atoms with Gasteiger partial charge in [0.25, 0.3) is 0 Å². The Morgan fingerprint density at radius 3 is 2.76 bits per heavy atom. The van der Waals surface area contributed by atoms with Gasteiger partial charge in [-0.2, -0.15) is 9.61 Å². The fourth-order valence-electron chi connectivity index (χ4n) is 2.05. The van der Waals surface area contributed by atoms with Crippen LogP contribution in [0, 0.1) is 0 Å². The van der Waals surface area contributed by atoms with E-state index in [0.717, 1.165) is 27.1 Å². The van der Waals surface area contributed by atoms with Gasteiger partial charge in [-0.25, -0.2) is 4.98 Å². The number of rotatable bonds is 3. The minimum atomic E-state index is 0.581. The summed E-state index contributed by atoms with van der Waals surface area (Å²) in [5, 5.41) is 16.5. The highest BCUT2D eigenvalue weighted by molar-refractivity contribution is 7.16. The summed E-state index contributed by atoms with van der Waals surface area (Å²) in [4.78, 5) is 5.04. The maximum atomic E-state index is 5.65. The summed E-state index contributed by atoms with van der Waals surface area (Å²) in [6.07, 6.45) is 0.663. The molecule has 0 saturated heterocycles. The smallest absolute Gasteiger partial charge is 0.234 e. The van der Waals surface area contributed by atoms with Gasteiger partial charge < -0.3 is 5.73 Å². The van der Waals surface area contributed by atoms with Crippen LogP contribution in [0.4, 0.5) is 5.13 Å². The molecule has 0 aliphatic heterocycles. The van der Waals surface area contributed by atoms with E-state index >= 15 is 0 Å². The minimum absolute atomic E-state index is 0.581. The van der Waals surface area contributed by atoms with Gasteiger partial charge in [0.2, 0.25) is 4.96 Å². The van der Waals surface area contributed by atoms with Crippen LogP contribution in [0.2, 0.25) is 0 Å². The Bertz CT molecular complexity index is 892. The Morgan fingerprint density at radius 2 is 2.00 bits per heavy atom. The quantitative estimate of drug-likeness (QED) is 0.628. The third-order valence-corrected chi connectivity index (χ3v) is 4.59. The largest absolute Gasteiger partial charge is 0.375 e. The number of thiazole rings is 1. The van der Waals surface area contributed by atoms with Crippen molar-refractivity contribution in [2.75, 3.05) is 5.73 Å². The molecule has 1 aromatic carbocycles. The lowest BCUT2D eigenvalue weighted by atomic mass is 10.2. The lowest BCUT2D eigenvalue weighted by Gasteiger charge is -1.95. The molecule has 21 heavy (non-hydrogen) atoms. The number of aromatic nitrogens is 5. The second-order valence-electron chi connectivity index (χ2n) is 4.43. The van der Waals surface area contributed by atoms with Gasteiger partial charge in [-0.15, -0.1) is 21.5 Å². The van der Waals surface area contributed by atoms with Crippen molar-refractivity contribution in [1.29, 1.82) is 0 Å². The molecule has 0 bridgehead atoms.